The van der Waals surface area contributed by atoms with E-state index in [1.165, 1.54) is 5.56 Å². The summed E-state index contributed by atoms with van der Waals surface area (Å²) in [5.41, 5.74) is 7.28. The van der Waals surface area contributed by atoms with E-state index in [1.807, 2.05) is 6.92 Å². The van der Waals surface area contributed by atoms with Crippen LogP contribution in [0.15, 0.2) is 24.3 Å². The molecule has 2 N–H and O–H groups in total. The molecule has 1 aliphatic rings. The fraction of sp³-hybridized carbons (Fsp3) is 0.625. The van der Waals surface area contributed by atoms with Gasteiger partial charge < -0.3 is 15.4 Å². The Bertz CT molecular complexity index is 407. The molecule has 1 fully saturated rings. The molecule has 2 unspecified atom stereocenters. The molecular weight excluding hydrogens is 250 g/mol. The van der Waals surface area contributed by atoms with E-state index in [0.717, 1.165) is 25.4 Å². The van der Waals surface area contributed by atoms with Gasteiger partial charge in [-0.2, -0.15) is 0 Å². The molecule has 0 aliphatic carbocycles. The Morgan fingerprint density at radius 3 is 2.60 bits per heavy atom. The van der Waals surface area contributed by atoms with Gasteiger partial charge in [-0.25, -0.2) is 0 Å². The highest BCUT2D eigenvalue weighted by Gasteiger charge is 2.28. The lowest BCUT2D eigenvalue weighted by atomic mass is 10.0. The molecule has 0 bridgehead atoms. The molecule has 2 atom stereocenters. The van der Waals surface area contributed by atoms with E-state index < -0.39 is 0 Å². The molecule has 1 aliphatic heterocycles. The summed E-state index contributed by atoms with van der Waals surface area (Å²) in [5.74, 6) is 0.942. The third-order valence-corrected chi connectivity index (χ3v) is 4.17. The monoisotopic (exact) mass is 277 g/mol. The molecule has 4 nitrogen and oxygen atoms in total. The van der Waals surface area contributed by atoms with Crippen molar-refractivity contribution in [2.75, 3.05) is 39.8 Å². The van der Waals surface area contributed by atoms with E-state index in [9.17, 15) is 0 Å². The molecule has 1 heterocycles. The molecule has 1 saturated heterocycles. The van der Waals surface area contributed by atoms with Gasteiger partial charge in [-0.3, -0.25) is 4.90 Å². The van der Waals surface area contributed by atoms with Gasteiger partial charge in [-0.05, 0) is 38.6 Å². The van der Waals surface area contributed by atoms with Crippen LogP contribution in [0.4, 0.5) is 0 Å². The lowest BCUT2D eigenvalue weighted by Crippen LogP contribution is -2.55. The van der Waals surface area contributed by atoms with Crippen molar-refractivity contribution in [3.8, 4) is 5.75 Å². The van der Waals surface area contributed by atoms with Gasteiger partial charge in [-0.1, -0.05) is 12.1 Å². The highest BCUT2D eigenvalue weighted by molar-refractivity contribution is 5.29. The standard InChI is InChI=1S/C16H27N3O/c1-4-20-16-7-5-14(6-8-16)13(2)19-10-9-18(3)12-15(19)11-17/h5-8,13,15H,4,9-12,17H2,1-3H3. The molecule has 0 radical (unpaired) electrons. The zero-order valence-corrected chi connectivity index (χ0v) is 12.9. The highest BCUT2D eigenvalue weighted by atomic mass is 16.5. The Morgan fingerprint density at radius 1 is 1.30 bits per heavy atom. The lowest BCUT2D eigenvalue weighted by Gasteiger charge is -2.43. The summed E-state index contributed by atoms with van der Waals surface area (Å²) < 4.78 is 5.50. The first-order valence-corrected chi connectivity index (χ1v) is 7.52. The lowest BCUT2D eigenvalue weighted by molar-refractivity contribution is 0.0621. The van der Waals surface area contributed by atoms with E-state index in [2.05, 4.69) is 48.0 Å². The third-order valence-electron chi connectivity index (χ3n) is 4.17. The van der Waals surface area contributed by atoms with Crippen LogP contribution in [0, 0.1) is 0 Å². The van der Waals surface area contributed by atoms with Crippen LogP contribution in [0.5, 0.6) is 5.75 Å². The van der Waals surface area contributed by atoms with Gasteiger partial charge in [0.2, 0.25) is 0 Å². The SMILES string of the molecule is CCOc1ccc(C(C)N2CCN(C)CC2CN)cc1. The molecule has 0 spiro atoms. The van der Waals surface area contributed by atoms with E-state index in [-0.39, 0.29) is 0 Å². The van der Waals surface area contributed by atoms with E-state index in [0.29, 0.717) is 25.2 Å². The predicted octanol–water partition coefficient (Wildman–Crippen LogP) is 1.72. The van der Waals surface area contributed by atoms with Gasteiger partial charge in [0.15, 0.2) is 0 Å². The predicted molar refractivity (Wildman–Crippen MR) is 83.1 cm³/mol. The van der Waals surface area contributed by atoms with Crippen molar-refractivity contribution in [1.29, 1.82) is 0 Å². The number of rotatable bonds is 5. The van der Waals surface area contributed by atoms with Gasteiger partial charge in [0, 0.05) is 38.3 Å². The average molecular weight is 277 g/mol. The fourth-order valence-corrected chi connectivity index (χ4v) is 2.95. The Hall–Kier alpha value is -1.10. The third kappa shape index (κ3) is 3.51. The van der Waals surface area contributed by atoms with Crippen molar-refractivity contribution in [1.82, 2.24) is 9.80 Å². The smallest absolute Gasteiger partial charge is 0.119 e. The zero-order valence-electron chi connectivity index (χ0n) is 12.9. The number of nitrogens with zero attached hydrogens (tertiary/aromatic N) is 2. The van der Waals surface area contributed by atoms with E-state index >= 15 is 0 Å². The molecule has 1 aromatic carbocycles. The minimum Gasteiger partial charge on any atom is -0.494 e. The molecule has 1 aromatic rings. The molecule has 0 aromatic heterocycles. The van der Waals surface area contributed by atoms with Crippen LogP contribution < -0.4 is 10.5 Å². The van der Waals surface area contributed by atoms with Crippen LogP contribution in [0.1, 0.15) is 25.5 Å². The van der Waals surface area contributed by atoms with Crippen molar-refractivity contribution in [2.24, 2.45) is 5.73 Å². The fourth-order valence-electron chi connectivity index (χ4n) is 2.95. The minimum atomic E-state index is 0.396. The highest BCUT2D eigenvalue weighted by Crippen LogP contribution is 2.26. The summed E-state index contributed by atoms with van der Waals surface area (Å²) >= 11 is 0. The summed E-state index contributed by atoms with van der Waals surface area (Å²) in [6.45, 7) is 8.94. The number of hydrogen-bond donors (Lipinski definition) is 1. The van der Waals surface area contributed by atoms with Crippen LogP contribution in [0.3, 0.4) is 0 Å². The molecule has 112 valence electrons. The van der Waals surface area contributed by atoms with Crippen molar-refractivity contribution in [3.63, 3.8) is 0 Å². The second-order valence-electron chi connectivity index (χ2n) is 5.57. The Kier molecular flexibility index (Phi) is 5.40. The number of nitrogens with two attached hydrogens (primary N) is 1. The van der Waals surface area contributed by atoms with Crippen LogP contribution in [-0.2, 0) is 0 Å². The van der Waals surface area contributed by atoms with Gasteiger partial charge >= 0.3 is 0 Å². The normalized spacial score (nSPS) is 22.7. The number of benzene rings is 1. The van der Waals surface area contributed by atoms with Gasteiger partial charge in [0.25, 0.3) is 0 Å². The van der Waals surface area contributed by atoms with Crippen LogP contribution in [-0.4, -0.2) is 55.7 Å². The Balaban J connectivity index is 2.07. The summed E-state index contributed by atoms with van der Waals surface area (Å²) in [6.07, 6.45) is 0. The summed E-state index contributed by atoms with van der Waals surface area (Å²) in [6, 6.07) is 9.29. The molecule has 4 heteroatoms. The number of piperazine rings is 1. The van der Waals surface area contributed by atoms with E-state index in [4.69, 9.17) is 10.5 Å². The summed E-state index contributed by atoms with van der Waals surface area (Å²) in [5, 5.41) is 0. The van der Waals surface area contributed by atoms with Crippen molar-refractivity contribution in [2.45, 2.75) is 25.9 Å². The van der Waals surface area contributed by atoms with E-state index in [1.54, 1.807) is 0 Å². The van der Waals surface area contributed by atoms with Gasteiger partial charge in [0.05, 0.1) is 6.61 Å². The first-order chi connectivity index (χ1) is 9.65. The van der Waals surface area contributed by atoms with Crippen LogP contribution >= 0.6 is 0 Å². The largest absolute Gasteiger partial charge is 0.494 e. The maximum absolute atomic E-state index is 5.95. The number of likely N-dealkylation sites (N-methyl/N-ethyl adjacent to an activating group) is 1. The quantitative estimate of drug-likeness (QED) is 0.890. The Morgan fingerprint density at radius 2 is 2.00 bits per heavy atom. The summed E-state index contributed by atoms with van der Waals surface area (Å²) in [4.78, 5) is 4.88. The number of ether oxygens (including phenoxy) is 1. The molecule has 20 heavy (non-hydrogen) atoms. The van der Waals surface area contributed by atoms with Crippen molar-refractivity contribution in [3.05, 3.63) is 29.8 Å². The second-order valence-corrected chi connectivity index (χ2v) is 5.57. The molecule has 0 saturated carbocycles. The maximum atomic E-state index is 5.95. The van der Waals surface area contributed by atoms with Crippen molar-refractivity contribution >= 4 is 0 Å². The molecule has 0 amide bonds. The first-order valence-electron chi connectivity index (χ1n) is 7.52. The average Bonchev–Trinajstić information content (AvgIpc) is 2.47. The maximum Gasteiger partial charge on any atom is 0.119 e. The molecular formula is C16H27N3O. The van der Waals surface area contributed by atoms with Crippen LogP contribution in [0.2, 0.25) is 0 Å². The molecule has 2 rings (SSSR count). The Labute approximate surface area is 122 Å². The van der Waals surface area contributed by atoms with Gasteiger partial charge in [0.1, 0.15) is 5.75 Å². The zero-order chi connectivity index (χ0) is 14.5. The van der Waals surface area contributed by atoms with Crippen LogP contribution in [0.25, 0.3) is 0 Å². The van der Waals surface area contributed by atoms with Gasteiger partial charge in [-0.15, -0.1) is 0 Å². The van der Waals surface area contributed by atoms with Crippen molar-refractivity contribution < 1.29 is 4.74 Å². The minimum absolute atomic E-state index is 0.396. The first kappa shape index (κ1) is 15.3. The topological polar surface area (TPSA) is 41.7 Å². The summed E-state index contributed by atoms with van der Waals surface area (Å²) in [7, 11) is 2.17. The second kappa shape index (κ2) is 7.07. The number of hydrogen-bond acceptors (Lipinski definition) is 4.